The molecule has 0 aromatic heterocycles. The van der Waals surface area contributed by atoms with Crippen LogP contribution >= 0.6 is 0 Å². The summed E-state index contributed by atoms with van der Waals surface area (Å²) in [4.78, 5) is 17.1. The lowest BCUT2D eigenvalue weighted by Gasteiger charge is -2.37. The molecule has 2 aliphatic heterocycles. The van der Waals surface area contributed by atoms with Gasteiger partial charge in [0.2, 0.25) is 5.91 Å². The highest BCUT2D eigenvalue weighted by atomic mass is 16.2. The highest BCUT2D eigenvalue weighted by molar-refractivity contribution is 5.88. The number of aryl methyl sites for hydroxylation is 1. The molecule has 1 aromatic rings. The number of likely N-dealkylation sites (N-methyl/N-ethyl adjacent to an activating group) is 1. The molecule has 1 fully saturated rings. The van der Waals surface area contributed by atoms with E-state index in [0.29, 0.717) is 6.04 Å². The summed E-state index contributed by atoms with van der Waals surface area (Å²) in [6, 6.07) is 6.71. The van der Waals surface area contributed by atoms with Crippen molar-refractivity contribution in [2.45, 2.75) is 38.3 Å². The van der Waals surface area contributed by atoms with Crippen molar-refractivity contribution in [2.75, 3.05) is 32.5 Å². The molecule has 1 N–H and O–H groups in total. The molecule has 1 aromatic carbocycles. The summed E-state index contributed by atoms with van der Waals surface area (Å²) in [6.07, 6.45) is 3.11. The van der Waals surface area contributed by atoms with Crippen molar-refractivity contribution >= 4 is 11.6 Å². The Morgan fingerprint density at radius 3 is 2.90 bits per heavy atom. The first-order chi connectivity index (χ1) is 10.1. The first-order valence-electron chi connectivity index (χ1n) is 7.86. The number of hydrogen-bond acceptors (Lipinski definition) is 3. The summed E-state index contributed by atoms with van der Waals surface area (Å²) in [6.45, 7) is 3.86. The average molecular weight is 287 g/mol. The SMILES string of the molecule is Cc1cccc2c1NC(C(=O)N1CCCC(N(C)C)C1)C2. The minimum Gasteiger partial charge on any atom is -0.373 e. The third-order valence-corrected chi connectivity index (χ3v) is 4.84. The Balaban J connectivity index is 1.69. The van der Waals surface area contributed by atoms with Gasteiger partial charge >= 0.3 is 0 Å². The normalized spacial score (nSPS) is 24.9. The highest BCUT2D eigenvalue weighted by Gasteiger charge is 2.33. The van der Waals surface area contributed by atoms with E-state index in [-0.39, 0.29) is 11.9 Å². The second-order valence-electron chi connectivity index (χ2n) is 6.55. The number of hydrogen-bond donors (Lipinski definition) is 1. The number of fused-ring (bicyclic) bond motifs is 1. The van der Waals surface area contributed by atoms with Gasteiger partial charge in [0.15, 0.2) is 0 Å². The van der Waals surface area contributed by atoms with Gasteiger partial charge < -0.3 is 15.1 Å². The molecule has 0 radical (unpaired) electrons. The molecule has 4 heteroatoms. The maximum atomic E-state index is 12.8. The maximum absolute atomic E-state index is 12.8. The topological polar surface area (TPSA) is 35.6 Å². The predicted molar refractivity (Wildman–Crippen MR) is 85.6 cm³/mol. The molecule has 0 aliphatic carbocycles. The molecule has 2 heterocycles. The van der Waals surface area contributed by atoms with Crippen molar-refractivity contribution in [1.29, 1.82) is 0 Å². The average Bonchev–Trinajstić information content (AvgIpc) is 2.92. The number of benzene rings is 1. The van der Waals surface area contributed by atoms with Crippen LogP contribution in [0.5, 0.6) is 0 Å². The van der Waals surface area contributed by atoms with Crippen LogP contribution in [0.1, 0.15) is 24.0 Å². The number of amides is 1. The summed E-state index contributed by atoms with van der Waals surface area (Å²) in [5.41, 5.74) is 3.67. The number of anilines is 1. The lowest BCUT2D eigenvalue weighted by atomic mass is 10.0. The standard InChI is InChI=1S/C17H25N3O/c1-12-6-4-7-13-10-15(18-16(12)13)17(21)20-9-5-8-14(11-20)19(2)3/h4,6-7,14-15,18H,5,8-11H2,1-3H3. The monoisotopic (exact) mass is 287 g/mol. The van der Waals surface area contributed by atoms with Crippen LogP contribution < -0.4 is 5.32 Å². The molecule has 0 spiro atoms. The first-order valence-corrected chi connectivity index (χ1v) is 7.86. The van der Waals surface area contributed by atoms with Crippen molar-refractivity contribution in [3.05, 3.63) is 29.3 Å². The van der Waals surface area contributed by atoms with Crippen LogP contribution in [0.4, 0.5) is 5.69 Å². The number of carbonyl (C=O) groups excluding carboxylic acids is 1. The van der Waals surface area contributed by atoms with Crippen LogP contribution in [-0.2, 0) is 11.2 Å². The second kappa shape index (κ2) is 5.68. The van der Waals surface area contributed by atoms with Gasteiger partial charge in [-0.1, -0.05) is 18.2 Å². The van der Waals surface area contributed by atoms with Crippen LogP contribution in [0, 0.1) is 6.92 Å². The lowest BCUT2D eigenvalue weighted by Crippen LogP contribution is -2.51. The Morgan fingerprint density at radius 2 is 2.19 bits per heavy atom. The lowest BCUT2D eigenvalue weighted by molar-refractivity contribution is -0.133. The van der Waals surface area contributed by atoms with Gasteiger partial charge in [0.1, 0.15) is 6.04 Å². The van der Waals surface area contributed by atoms with E-state index in [1.807, 2.05) is 4.90 Å². The summed E-state index contributed by atoms with van der Waals surface area (Å²) in [7, 11) is 4.21. The molecule has 2 atom stereocenters. The quantitative estimate of drug-likeness (QED) is 0.902. The van der Waals surface area contributed by atoms with E-state index < -0.39 is 0 Å². The molecule has 0 saturated carbocycles. The molecule has 1 saturated heterocycles. The number of carbonyl (C=O) groups is 1. The zero-order valence-corrected chi connectivity index (χ0v) is 13.2. The van der Waals surface area contributed by atoms with Gasteiger partial charge in [-0.05, 0) is 45.0 Å². The van der Waals surface area contributed by atoms with Gasteiger partial charge in [0.05, 0.1) is 0 Å². The van der Waals surface area contributed by atoms with Gasteiger partial charge in [0.25, 0.3) is 0 Å². The van der Waals surface area contributed by atoms with Crippen LogP contribution in [-0.4, -0.2) is 55.0 Å². The van der Waals surface area contributed by atoms with Gasteiger partial charge in [-0.2, -0.15) is 0 Å². The van der Waals surface area contributed by atoms with Crippen LogP contribution in [0.25, 0.3) is 0 Å². The third kappa shape index (κ3) is 2.77. The van der Waals surface area contributed by atoms with E-state index in [1.165, 1.54) is 17.5 Å². The highest BCUT2D eigenvalue weighted by Crippen LogP contribution is 2.30. The molecule has 0 bridgehead atoms. The molecule has 3 rings (SSSR count). The fourth-order valence-electron chi connectivity index (χ4n) is 3.50. The largest absolute Gasteiger partial charge is 0.373 e. The Morgan fingerprint density at radius 1 is 1.38 bits per heavy atom. The zero-order valence-electron chi connectivity index (χ0n) is 13.2. The van der Waals surface area contributed by atoms with Crippen LogP contribution in [0.15, 0.2) is 18.2 Å². The minimum atomic E-state index is -0.0815. The zero-order chi connectivity index (χ0) is 15.0. The molecule has 2 aliphatic rings. The number of nitrogens with one attached hydrogen (secondary N) is 1. The Bertz CT molecular complexity index is 541. The minimum absolute atomic E-state index is 0.0815. The van der Waals surface area contributed by atoms with E-state index >= 15 is 0 Å². The van der Waals surface area contributed by atoms with Crippen molar-refractivity contribution in [2.24, 2.45) is 0 Å². The fourth-order valence-corrected chi connectivity index (χ4v) is 3.50. The van der Waals surface area contributed by atoms with Crippen molar-refractivity contribution < 1.29 is 4.79 Å². The molecule has 4 nitrogen and oxygen atoms in total. The molecule has 114 valence electrons. The third-order valence-electron chi connectivity index (χ3n) is 4.84. The maximum Gasteiger partial charge on any atom is 0.245 e. The molecule has 1 amide bonds. The predicted octanol–water partition coefficient (Wildman–Crippen LogP) is 1.88. The Hall–Kier alpha value is -1.55. The van der Waals surface area contributed by atoms with Crippen molar-refractivity contribution in [3.8, 4) is 0 Å². The molecular weight excluding hydrogens is 262 g/mol. The van der Waals surface area contributed by atoms with Crippen molar-refractivity contribution in [3.63, 3.8) is 0 Å². The van der Waals surface area contributed by atoms with Crippen LogP contribution in [0.3, 0.4) is 0 Å². The molecule has 2 unspecified atom stereocenters. The summed E-state index contributed by atoms with van der Waals surface area (Å²) in [5, 5.41) is 3.44. The number of piperidine rings is 1. The van der Waals surface area contributed by atoms with Gasteiger partial charge in [-0.15, -0.1) is 0 Å². The molecule has 21 heavy (non-hydrogen) atoms. The number of rotatable bonds is 2. The second-order valence-corrected chi connectivity index (χ2v) is 6.55. The van der Waals surface area contributed by atoms with E-state index in [4.69, 9.17) is 0 Å². The van der Waals surface area contributed by atoms with Gasteiger partial charge in [-0.3, -0.25) is 4.79 Å². The fraction of sp³-hybridized carbons (Fsp3) is 0.588. The Kier molecular flexibility index (Phi) is 3.89. The van der Waals surface area contributed by atoms with E-state index in [0.717, 1.165) is 31.6 Å². The van der Waals surface area contributed by atoms with Gasteiger partial charge in [-0.25, -0.2) is 0 Å². The molecular formula is C17H25N3O. The number of nitrogens with zero attached hydrogens (tertiary/aromatic N) is 2. The van der Waals surface area contributed by atoms with Gasteiger partial charge in [0, 0.05) is 31.2 Å². The first kappa shape index (κ1) is 14.4. The van der Waals surface area contributed by atoms with Crippen molar-refractivity contribution in [1.82, 2.24) is 9.80 Å². The van der Waals surface area contributed by atoms with Crippen LogP contribution in [0.2, 0.25) is 0 Å². The smallest absolute Gasteiger partial charge is 0.245 e. The Labute approximate surface area is 127 Å². The van der Waals surface area contributed by atoms with E-state index in [9.17, 15) is 4.79 Å². The summed E-state index contributed by atoms with van der Waals surface area (Å²) in [5.74, 6) is 0.261. The van der Waals surface area contributed by atoms with E-state index in [2.05, 4.69) is 49.4 Å². The summed E-state index contributed by atoms with van der Waals surface area (Å²) < 4.78 is 0. The number of likely N-dealkylation sites (tertiary alicyclic amines) is 1. The number of para-hydroxylation sites is 1. The van der Waals surface area contributed by atoms with E-state index in [1.54, 1.807) is 0 Å². The summed E-state index contributed by atoms with van der Waals surface area (Å²) >= 11 is 0.